The number of quaternary nitrogens is 1. The van der Waals surface area contributed by atoms with Crippen molar-refractivity contribution >= 4 is 16.8 Å². The minimum absolute atomic E-state index is 0.00135. The van der Waals surface area contributed by atoms with Crippen LogP contribution in [-0.2, 0) is 0 Å². The van der Waals surface area contributed by atoms with E-state index in [9.17, 15) is 9.18 Å². The lowest BCUT2D eigenvalue weighted by Gasteiger charge is -2.40. The van der Waals surface area contributed by atoms with Crippen molar-refractivity contribution in [3.63, 3.8) is 0 Å². The van der Waals surface area contributed by atoms with Crippen molar-refractivity contribution in [3.8, 4) is 11.5 Å². The lowest BCUT2D eigenvalue weighted by molar-refractivity contribution is -0.914. The van der Waals surface area contributed by atoms with E-state index in [1.165, 1.54) is 19.1 Å². The maximum absolute atomic E-state index is 13.4. The molecule has 3 aromatic rings. The van der Waals surface area contributed by atoms with Gasteiger partial charge >= 0.3 is 0 Å². The monoisotopic (exact) mass is 441 g/mol. The number of hydrogen-bond donors (Lipinski definition) is 0. The second-order valence-electron chi connectivity index (χ2n) is 8.90. The Hall–Kier alpha value is -2.93. The Balaban J connectivity index is 1.28. The molecule has 4 rings (SSSR count). The van der Waals surface area contributed by atoms with Crippen molar-refractivity contribution in [2.24, 2.45) is 0 Å². The summed E-state index contributed by atoms with van der Waals surface area (Å²) >= 11 is 0. The number of carbonyl (C=O) groups excluding carboxylic acids is 1. The van der Waals surface area contributed by atoms with Crippen molar-refractivity contribution in [1.29, 1.82) is 0 Å². The van der Waals surface area contributed by atoms with Gasteiger partial charge in [-0.25, -0.2) is 4.39 Å². The largest absolute Gasteiger partial charge is 0.493 e. The molecule has 2 aromatic carbocycles. The van der Waals surface area contributed by atoms with E-state index in [0.29, 0.717) is 35.2 Å². The van der Waals surface area contributed by atoms with Gasteiger partial charge in [0.25, 0.3) is 0 Å². The second kappa shape index (κ2) is 9.28. The Kier molecular flexibility index (Phi) is 6.46. The van der Waals surface area contributed by atoms with Crippen LogP contribution in [0.3, 0.4) is 0 Å². The number of methoxy groups -OCH3 is 1. The molecule has 170 valence electrons. The average Bonchev–Trinajstić information content (AvgIpc) is 3.20. The third-order valence-electron chi connectivity index (χ3n) is 6.55. The third-order valence-corrected chi connectivity index (χ3v) is 6.55. The molecule has 7 heteroatoms. The van der Waals surface area contributed by atoms with Gasteiger partial charge in [-0.1, -0.05) is 5.16 Å². The van der Waals surface area contributed by atoms with Crippen LogP contribution in [0.4, 0.5) is 4.39 Å². The Morgan fingerprint density at radius 1 is 1.19 bits per heavy atom. The molecule has 1 aromatic heterocycles. The molecule has 6 nitrogen and oxygen atoms in total. The normalized spacial score (nSPS) is 20.9. The molecule has 2 heterocycles. The number of ketones is 1. The molecule has 0 saturated carbocycles. The molecule has 1 fully saturated rings. The van der Waals surface area contributed by atoms with Crippen molar-refractivity contribution in [3.05, 3.63) is 53.5 Å². The van der Waals surface area contributed by atoms with E-state index in [4.69, 9.17) is 14.0 Å². The van der Waals surface area contributed by atoms with Gasteiger partial charge in [0.1, 0.15) is 5.82 Å². The van der Waals surface area contributed by atoms with Crippen molar-refractivity contribution in [2.45, 2.75) is 32.1 Å². The zero-order valence-electron chi connectivity index (χ0n) is 18.9. The molecule has 0 radical (unpaired) electrons. The van der Waals surface area contributed by atoms with Crippen LogP contribution in [0, 0.1) is 5.82 Å². The number of benzene rings is 2. The predicted octanol–water partition coefficient (Wildman–Crippen LogP) is 4.97. The molecule has 0 unspecified atom stereocenters. The molecule has 0 amide bonds. The minimum Gasteiger partial charge on any atom is -0.493 e. The number of ether oxygens (including phenoxy) is 2. The van der Waals surface area contributed by atoms with Crippen molar-refractivity contribution in [2.75, 3.05) is 40.4 Å². The number of Topliss-reactive ketones (excluding diaryl/α,β-unsaturated/α-hetero) is 1. The van der Waals surface area contributed by atoms with Gasteiger partial charge in [0.15, 0.2) is 22.9 Å². The fourth-order valence-electron chi connectivity index (χ4n) is 4.55. The van der Waals surface area contributed by atoms with E-state index < -0.39 is 0 Å². The van der Waals surface area contributed by atoms with E-state index in [0.717, 1.165) is 54.5 Å². The minimum atomic E-state index is -0.303. The Morgan fingerprint density at radius 3 is 2.69 bits per heavy atom. The van der Waals surface area contributed by atoms with E-state index >= 15 is 0 Å². The highest BCUT2D eigenvalue weighted by Gasteiger charge is 2.32. The van der Waals surface area contributed by atoms with Crippen LogP contribution in [-0.4, -0.2) is 55.8 Å². The van der Waals surface area contributed by atoms with Gasteiger partial charge in [-0.2, -0.15) is 0 Å². The van der Waals surface area contributed by atoms with E-state index in [-0.39, 0.29) is 11.6 Å². The van der Waals surface area contributed by atoms with Gasteiger partial charge < -0.3 is 18.5 Å². The fourth-order valence-corrected chi connectivity index (χ4v) is 4.55. The Bertz CT molecular complexity index is 1100. The highest BCUT2D eigenvalue weighted by atomic mass is 19.1. The summed E-state index contributed by atoms with van der Waals surface area (Å²) < 4.78 is 31.1. The topological polar surface area (TPSA) is 61.6 Å². The first kappa shape index (κ1) is 22.3. The van der Waals surface area contributed by atoms with Crippen LogP contribution in [0.25, 0.3) is 11.0 Å². The van der Waals surface area contributed by atoms with E-state index in [2.05, 4.69) is 12.2 Å². The molecule has 1 aliphatic heterocycles. The number of piperidine rings is 1. The van der Waals surface area contributed by atoms with E-state index in [1.54, 1.807) is 31.4 Å². The number of halogens is 1. The maximum Gasteiger partial charge on any atom is 0.170 e. The molecule has 0 atom stereocenters. The molecule has 0 spiro atoms. The summed E-state index contributed by atoms with van der Waals surface area (Å²) in [5.41, 5.74) is 2.09. The van der Waals surface area contributed by atoms with Gasteiger partial charge in [0.05, 0.1) is 46.1 Å². The quantitative estimate of drug-likeness (QED) is 0.281. The number of fused-ring (bicyclic) bond motifs is 1. The summed E-state index contributed by atoms with van der Waals surface area (Å²) in [6.07, 6.45) is 2.97. The standard InChI is InChI=1S/C25H30FN2O4/c1-17(29)19-5-8-22(24(15-19)30-3)31-14-4-11-28(2)12-9-18(10-13-28)25-21-7-6-20(26)16-23(21)32-27-25/h5-8,15-16,18H,4,9-14H2,1-3H3/q+1. The van der Waals surface area contributed by atoms with Crippen LogP contribution in [0.2, 0.25) is 0 Å². The average molecular weight is 442 g/mol. The van der Waals surface area contributed by atoms with Crippen LogP contribution >= 0.6 is 0 Å². The molecule has 0 aliphatic carbocycles. The second-order valence-corrected chi connectivity index (χ2v) is 8.90. The molecule has 0 bridgehead atoms. The Labute approximate surface area is 187 Å². The molecule has 1 aliphatic rings. The highest BCUT2D eigenvalue weighted by Crippen LogP contribution is 2.35. The summed E-state index contributed by atoms with van der Waals surface area (Å²) in [6.45, 7) is 5.25. The summed E-state index contributed by atoms with van der Waals surface area (Å²) in [6, 6.07) is 9.92. The lowest BCUT2D eigenvalue weighted by Crippen LogP contribution is -2.50. The summed E-state index contributed by atoms with van der Waals surface area (Å²) in [5.74, 6) is 1.28. The number of hydrogen-bond acceptors (Lipinski definition) is 5. The van der Waals surface area contributed by atoms with Gasteiger partial charge in [0.2, 0.25) is 0 Å². The number of aromatic nitrogens is 1. The number of rotatable bonds is 8. The Morgan fingerprint density at radius 2 is 1.97 bits per heavy atom. The van der Waals surface area contributed by atoms with Gasteiger partial charge in [0, 0.05) is 42.2 Å². The van der Waals surface area contributed by atoms with Gasteiger partial charge in [-0.15, -0.1) is 0 Å². The van der Waals surface area contributed by atoms with Crippen LogP contribution in [0.5, 0.6) is 11.5 Å². The number of nitrogens with zero attached hydrogens (tertiary/aromatic N) is 2. The smallest absolute Gasteiger partial charge is 0.170 e. The fraction of sp³-hybridized carbons (Fsp3) is 0.440. The predicted molar refractivity (Wildman–Crippen MR) is 120 cm³/mol. The first-order chi connectivity index (χ1) is 15.4. The van der Waals surface area contributed by atoms with Crippen LogP contribution in [0.1, 0.15) is 48.2 Å². The maximum atomic E-state index is 13.4. The summed E-state index contributed by atoms with van der Waals surface area (Å²) in [7, 11) is 3.87. The molecule has 0 N–H and O–H groups in total. The zero-order chi connectivity index (χ0) is 22.7. The zero-order valence-corrected chi connectivity index (χ0v) is 18.9. The highest BCUT2D eigenvalue weighted by molar-refractivity contribution is 5.94. The van der Waals surface area contributed by atoms with Gasteiger partial charge in [-0.05, 0) is 37.3 Å². The van der Waals surface area contributed by atoms with Crippen LogP contribution in [0.15, 0.2) is 40.9 Å². The third kappa shape index (κ3) is 4.78. The van der Waals surface area contributed by atoms with E-state index in [1.807, 2.05) is 0 Å². The molecular formula is C25H30FN2O4+. The van der Waals surface area contributed by atoms with Crippen molar-refractivity contribution < 1.29 is 27.7 Å². The number of carbonyl (C=O) groups is 1. The SMILES string of the molecule is COc1cc(C(C)=O)ccc1OCCC[N+]1(C)CCC(c2noc3cc(F)ccc23)CC1. The van der Waals surface area contributed by atoms with Gasteiger partial charge in [-0.3, -0.25) is 4.79 Å². The summed E-state index contributed by atoms with van der Waals surface area (Å²) in [5, 5.41) is 5.17. The van der Waals surface area contributed by atoms with Crippen molar-refractivity contribution in [1.82, 2.24) is 5.16 Å². The molecule has 1 saturated heterocycles. The first-order valence-corrected chi connectivity index (χ1v) is 11.1. The molecule has 32 heavy (non-hydrogen) atoms. The lowest BCUT2D eigenvalue weighted by atomic mass is 9.90. The number of likely N-dealkylation sites (tertiary alicyclic amines) is 1. The molecular weight excluding hydrogens is 411 g/mol. The summed E-state index contributed by atoms with van der Waals surface area (Å²) in [4.78, 5) is 11.5. The van der Waals surface area contributed by atoms with Crippen LogP contribution < -0.4 is 9.47 Å². The first-order valence-electron chi connectivity index (χ1n) is 11.1.